The van der Waals surface area contributed by atoms with Gasteiger partial charge in [0.15, 0.2) is 9.84 Å². The number of sulfone groups is 1. The number of nitrogens with zero attached hydrogens (tertiary/aromatic N) is 1. The molecule has 1 aromatic rings. The van der Waals surface area contributed by atoms with Gasteiger partial charge in [-0.25, -0.2) is 8.42 Å². The van der Waals surface area contributed by atoms with E-state index in [4.69, 9.17) is 10.5 Å². The van der Waals surface area contributed by atoms with Gasteiger partial charge in [0, 0.05) is 37.2 Å². The number of methoxy groups -OCH3 is 1. The largest absolute Gasteiger partial charge is 0.399 e. The van der Waals surface area contributed by atoms with E-state index in [1.54, 1.807) is 12.0 Å². The Morgan fingerprint density at radius 3 is 2.43 bits per heavy atom. The Morgan fingerprint density at radius 1 is 1.33 bits per heavy atom. The minimum Gasteiger partial charge on any atom is -0.399 e. The zero-order valence-electron chi connectivity index (χ0n) is 12.8. The standard InChI is InChI=1S/C14H22N2O4S/c1-10(2)16(5-6-20-3)14(17)11-7-12(15)9-13(8-11)21(4,18)19/h7-10H,5-6,15H2,1-4H3. The maximum Gasteiger partial charge on any atom is 0.254 e. The van der Waals surface area contributed by atoms with Crippen molar-refractivity contribution in [2.24, 2.45) is 0 Å². The lowest BCUT2D eigenvalue weighted by atomic mass is 10.1. The molecule has 6 nitrogen and oxygen atoms in total. The third-order valence-corrected chi connectivity index (χ3v) is 4.12. The molecule has 0 saturated heterocycles. The third kappa shape index (κ3) is 4.71. The highest BCUT2D eigenvalue weighted by molar-refractivity contribution is 7.90. The van der Waals surface area contributed by atoms with Crippen molar-refractivity contribution in [2.75, 3.05) is 32.3 Å². The van der Waals surface area contributed by atoms with Gasteiger partial charge in [0.1, 0.15) is 0 Å². The molecule has 2 N–H and O–H groups in total. The molecular weight excluding hydrogens is 292 g/mol. The van der Waals surface area contributed by atoms with Crippen molar-refractivity contribution < 1.29 is 17.9 Å². The SMILES string of the molecule is COCCN(C(=O)c1cc(N)cc(S(C)(=O)=O)c1)C(C)C. The molecule has 0 heterocycles. The zero-order chi connectivity index (χ0) is 16.2. The van der Waals surface area contributed by atoms with Crippen molar-refractivity contribution >= 4 is 21.4 Å². The molecule has 0 radical (unpaired) electrons. The highest BCUT2D eigenvalue weighted by atomic mass is 32.2. The van der Waals surface area contributed by atoms with Gasteiger partial charge < -0.3 is 15.4 Å². The predicted molar refractivity (Wildman–Crippen MR) is 82.0 cm³/mol. The van der Waals surface area contributed by atoms with Gasteiger partial charge in [-0.05, 0) is 32.0 Å². The molecule has 0 fully saturated rings. The number of carbonyl (C=O) groups is 1. The van der Waals surface area contributed by atoms with E-state index in [1.807, 2.05) is 13.8 Å². The van der Waals surface area contributed by atoms with Crippen molar-refractivity contribution in [2.45, 2.75) is 24.8 Å². The van der Waals surface area contributed by atoms with E-state index in [0.717, 1.165) is 6.26 Å². The molecule has 0 aromatic heterocycles. The quantitative estimate of drug-likeness (QED) is 0.796. The number of nitrogens with two attached hydrogens (primary N) is 1. The molecule has 0 aliphatic rings. The Morgan fingerprint density at radius 2 is 1.95 bits per heavy atom. The van der Waals surface area contributed by atoms with Gasteiger partial charge in [0.05, 0.1) is 11.5 Å². The molecule has 0 spiro atoms. The summed E-state index contributed by atoms with van der Waals surface area (Å²) >= 11 is 0. The second kappa shape index (κ2) is 6.91. The molecule has 0 saturated carbocycles. The van der Waals surface area contributed by atoms with Crippen molar-refractivity contribution in [1.82, 2.24) is 4.90 Å². The smallest absolute Gasteiger partial charge is 0.254 e. The summed E-state index contributed by atoms with van der Waals surface area (Å²) in [5.41, 5.74) is 6.22. The van der Waals surface area contributed by atoms with Crippen LogP contribution < -0.4 is 5.73 Å². The Hall–Kier alpha value is -1.60. The summed E-state index contributed by atoms with van der Waals surface area (Å²) in [4.78, 5) is 14.2. The third-order valence-electron chi connectivity index (χ3n) is 3.02. The Labute approximate surface area is 125 Å². The molecule has 7 heteroatoms. The van der Waals surface area contributed by atoms with Gasteiger partial charge in [-0.2, -0.15) is 0 Å². The summed E-state index contributed by atoms with van der Waals surface area (Å²) in [6, 6.07) is 4.16. The zero-order valence-corrected chi connectivity index (χ0v) is 13.6. The van der Waals surface area contributed by atoms with Crippen molar-refractivity contribution in [3.63, 3.8) is 0 Å². The monoisotopic (exact) mass is 314 g/mol. The Bertz CT molecular complexity index is 611. The molecule has 0 atom stereocenters. The molecule has 118 valence electrons. The van der Waals surface area contributed by atoms with E-state index >= 15 is 0 Å². The van der Waals surface area contributed by atoms with E-state index in [1.165, 1.54) is 18.2 Å². The van der Waals surface area contributed by atoms with Crippen LogP contribution in [-0.2, 0) is 14.6 Å². The van der Waals surface area contributed by atoms with Crippen LogP contribution in [0.15, 0.2) is 23.1 Å². The maximum atomic E-state index is 12.5. The van der Waals surface area contributed by atoms with Crippen LogP contribution >= 0.6 is 0 Å². The molecule has 1 amide bonds. The number of carbonyl (C=O) groups excluding carboxylic acids is 1. The molecule has 0 unspecified atom stereocenters. The van der Waals surface area contributed by atoms with Gasteiger partial charge in [0.2, 0.25) is 0 Å². The molecule has 21 heavy (non-hydrogen) atoms. The van der Waals surface area contributed by atoms with Crippen LogP contribution in [0.1, 0.15) is 24.2 Å². The van der Waals surface area contributed by atoms with E-state index < -0.39 is 9.84 Å². The highest BCUT2D eigenvalue weighted by Crippen LogP contribution is 2.19. The number of anilines is 1. The first kappa shape index (κ1) is 17.5. The maximum absolute atomic E-state index is 12.5. The molecule has 1 aromatic carbocycles. The molecule has 0 bridgehead atoms. The summed E-state index contributed by atoms with van der Waals surface area (Å²) in [5.74, 6) is -0.265. The number of ether oxygens (including phenoxy) is 1. The van der Waals surface area contributed by atoms with Gasteiger partial charge in [-0.15, -0.1) is 0 Å². The van der Waals surface area contributed by atoms with Crippen molar-refractivity contribution in [1.29, 1.82) is 0 Å². The lowest BCUT2D eigenvalue weighted by molar-refractivity contribution is 0.0635. The van der Waals surface area contributed by atoms with E-state index in [2.05, 4.69) is 0 Å². The van der Waals surface area contributed by atoms with Gasteiger partial charge in [0.25, 0.3) is 5.91 Å². The van der Waals surface area contributed by atoms with Crippen LogP contribution in [-0.4, -0.2) is 51.8 Å². The van der Waals surface area contributed by atoms with E-state index in [0.29, 0.717) is 13.2 Å². The van der Waals surface area contributed by atoms with Crippen LogP contribution in [0.25, 0.3) is 0 Å². The van der Waals surface area contributed by atoms with Crippen LogP contribution in [0.2, 0.25) is 0 Å². The second-order valence-electron chi connectivity index (χ2n) is 5.15. The minimum atomic E-state index is -3.42. The minimum absolute atomic E-state index is 0.0317. The van der Waals surface area contributed by atoms with Crippen LogP contribution in [0, 0.1) is 0 Å². The number of nitrogen functional groups attached to an aromatic ring is 1. The molecule has 0 aliphatic carbocycles. The highest BCUT2D eigenvalue weighted by Gasteiger charge is 2.20. The lowest BCUT2D eigenvalue weighted by Crippen LogP contribution is -2.39. The number of hydrogen-bond acceptors (Lipinski definition) is 5. The van der Waals surface area contributed by atoms with E-state index in [9.17, 15) is 13.2 Å². The summed E-state index contributed by atoms with van der Waals surface area (Å²) in [7, 11) is -1.86. The number of rotatable bonds is 6. The second-order valence-corrected chi connectivity index (χ2v) is 7.16. The first-order valence-electron chi connectivity index (χ1n) is 6.57. The topological polar surface area (TPSA) is 89.7 Å². The fourth-order valence-corrected chi connectivity index (χ4v) is 2.60. The average molecular weight is 314 g/mol. The normalized spacial score (nSPS) is 11.7. The van der Waals surface area contributed by atoms with Crippen LogP contribution in [0.5, 0.6) is 0 Å². The van der Waals surface area contributed by atoms with Crippen LogP contribution in [0.3, 0.4) is 0 Å². The first-order valence-corrected chi connectivity index (χ1v) is 8.46. The summed E-state index contributed by atoms with van der Waals surface area (Å²) < 4.78 is 28.3. The number of hydrogen-bond donors (Lipinski definition) is 1. The van der Waals surface area contributed by atoms with Gasteiger partial charge in [-0.1, -0.05) is 0 Å². The van der Waals surface area contributed by atoms with Gasteiger partial charge in [-0.3, -0.25) is 4.79 Å². The average Bonchev–Trinajstić information content (AvgIpc) is 2.36. The van der Waals surface area contributed by atoms with Crippen molar-refractivity contribution in [3.05, 3.63) is 23.8 Å². The molecule has 1 rings (SSSR count). The van der Waals surface area contributed by atoms with Gasteiger partial charge >= 0.3 is 0 Å². The first-order chi connectivity index (χ1) is 9.66. The Kier molecular flexibility index (Phi) is 5.74. The summed E-state index contributed by atoms with van der Waals surface area (Å²) in [5, 5.41) is 0. The molecule has 0 aliphatic heterocycles. The summed E-state index contributed by atoms with van der Waals surface area (Å²) in [6.07, 6.45) is 1.08. The fourth-order valence-electron chi connectivity index (χ4n) is 1.91. The Balaban J connectivity index is 3.19. The molecular formula is C14H22N2O4S. The predicted octanol–water partition coefficient (Wildman–Crippen LogP) is 1.17. The number of amides is 1. The van der Waals surface area contributed by atoms with Crippen LogP contribution in [0.4, 0.5) is 5.69 Å². The van der Waals surface area contributed by atoms with Crippen molar-refractivity contribution in [3.8, 4) is 0 Å². The lowest BCUT2D eigenvalue weighted by Gasteiger charge is -2.26. The number of benzene rings is 1. The summed E-state index contributed by atoms with van der Waals surface area (Å²) in [6.45, 7) is 4.61. The fraction of sp³-hybridized carbons (Fsp3) is 0.500. The van der Waals surface area contributed by atoms with E-state index in [-0.39, 0.29) is 28.1 Å².